The molecule has 1 saturated heterocycles. The molecule has 0 radical (unpaired) electrons. The number of rotatable bonds is 7. The number of halogens is 1. The first-order chi connectivity index (χ1) is 19.2. The van der Waals surface area contributed by atoms with Gasteiger partial charge in [0, 0.05) is 48.4 Å². The second-order valence-electron chi connectivity index (χ2n) is 9.94. The fourth-order valence-electron chi connectivity index (χ4n) is 5.35. The summed E-state index contributed by atoms with van der Waals surface area (Å²) in [6.07, 6.45) is 4.66. The Morgan fingerprint density at radius 3 is 2.62 bits per heavy atom. The van der Waals surface area contributed by atoms with E-state index in [9.17, 15) is 14.4 Å². The van der Waals surface area contributed by atoms with E-state index in [0.29, 0.717) is 33.5 Å². The summed E-state index contributed by atoms with van der Waals surface area (Å²) in [6.45, 7) is 1.33. The van der Waals surface area contributed by atoms with E-state index in [2.05, 4.69) is 41.3 Å². The monoisotopic (exact) mass is 604 g/mol. The number of carbonyl (C=O) groups is 3. The topological polar surface area (TPSA) is 158 Å². The maximum atomic E-state index is 13.6. The molecule has 1 unspecified atom stereocenters. The summed E-state index contributed by atoms with van der Waals surface area (Å²) in [6, 6.07) is 8.19. The molecule has 1 aliphatic heterocycles. The molecule has 0 bridgehead atoms. The van der Waals surface area contributed by atoms with Crippen LogP contribution in [0.3, 0.4) is 0 Å². The third-order valence-corrected chi connectivity index (χ3v) is 7.73. The summed E-state index contributed by atoms with van der Waals surface area (Å²) < 4.78 is 7.30. The van der Waals surface area contributed by atoms with Crippen molar-refractivity contribution in [2.75, 3.05) is 18.2 Å². The Balaban J connectivity index is 1.26. The van der Waals surface area contributed by atoms with Gasteiger partial charge in [0.25, 0.3) is 0 Å². The van der Waals surface area contributed by atoms with Gasteiger partial charge in [-0.1, -0.05) is 6.07 Å². The lowest BCUT2D eigenvalue weighted by molar-refractivity contribution is -0.138. The number of nitrogens with one attached hydrogen (secondary N) is 1. The van der Waals surface area contributed by atoms with Gasteiger partial charge in [0.2, 0.25) is 17.8 Å². The van der Waals surface area contributed by atoms with Crippen LogP contribution in [0.15, 0.2) is 47.3 Å². The van der Waals surface area contributed by atoms with Crippen LogP contribution in [0.1, 0.15) is 30.3 Å². The minimum atomic E-state index is -0.630. The van der Waals surface area contributed by atoms with Crippen LogP contribution in [0, 0.1) is 5.92 Å². The SMILES string of the molecule is COc1cc(Br)nc(NC(=O)[C@@H]2C[C@H]3CC3N2C(=O)Cn2nc(C(C)=O)c3cc(-c4cnc(N)nc4)ccc32)c1. The molecule has 13 heteroatoms. The molecule has 204 valence electrons. The van der Waals surface area contributed by atoms with E-state index >= 15 is 0 Å². The number of carbonyl (C=O) groups excluding carboxylic acids is 3. The number of hydrogen-bond acceptors (Lipinski definition) is 9. The molecule has 4 aromatic rings. The molecule has 1 saturated carbocycles. The van der Waals surface area contributed by atoms with Crippen LogP contribution < -0.4 is 15.8 Å². The summed E-state index contributed by atoms with van der Waals surface area (Å²) in [7, 11) is 1.53. The zero-order chi connectivity index (χ0) is 28.1. The van der Waals surface area contributed by atoms with Crippen molar-refractivity contribution in [2.45, 2.75) is 38.4 Å². The van der Waals surface area contributed by atoms with Gasteiger partial charge in [-0.25, -0.2) is 15.0 Å². The van der Waals surface area contributed by atoms with E-state index in [0.717, 1.165) is 17.5 Å². The van der Waals surface area contributed by atoms with Crippen LogP contribution in [0.4, 0.5) is 11.8 Å². The van der Waals surface area contributed by atoms with Crippen molar-refractivity contribution in [1.29, 1.82) is 0 Å². The Bertz CT molecular complexity index is 1670. The largest absolute Gasteiger partial charge is 0.497 e. The van der Waals surface area contributed by atoms with Crippen molar-refractivity contribution in [3.05, 3.63) is 53.0 Å². The number of aromatic nitrogens is 5. The fourth-order valence-corrected chi connectivity index (χ4v) is 5.77. The van der Waals surface area contributed by atoms with Crippen molar-refractivity contribution in [3.63, 3.8) is 0 Å². The Labute approximate surface area is 237 Å². The molecule has 40 heavy (non-hydrogen) atoms. The minimum absolute atomic E-state index is 0.0134. The standard InChI is InChI=1S/C27H25BrN8O4/c1-13(37)25-18-5-14(16-10-30-27(29)31-11-16)3-4-19(18)35(34-25)12-24(38)36-20-6-15(20)7-21(36)26(39)33-23-9-17(40-2)8-22(28)32-23/h3-5,8-11,15,20-21H,6-7,12H2,1-2H3,(H2,29,30,31)(H,32,33,39)/t15-,20?,21+/m1/s1. The molecule has 3 aromatic heterocycles. The fraction of sp³-hybridized carbons (Fsp3) is 0.296. The highest BCUT2D eigenvalue weighted by molar-refractivity contribution is 9.10. The Morgan fingerprint density at radius 1 is 1.12 bits per heavy atom. The first-order valence-electron chi connectivity index (χ1n) is 12.6. The predicted molar refractivity (Wildman–Crippen MR) is 149 cm³/mol. The lowest BCUT2D eigenvalue weighted by Gasteiger charge is -2.27. The van der Waals surface area contributed by atoms with Crippen molar-refractivity contribution < 1.29 is 19.1 Å². The molecule has 4 heterocycles. The average molecular weight is 605 g/mol. The normalized spacial score (nSPS) is 19.4. The number of hydrogen-bond donors (Lipinski definition) is 2. The van der Waals surface area contributed by atoms with Gasteiger partial charge in [-0.15, -0.1) is 0 Å². The molecule has 6 rings (SSSR count). The van der Waals surface area contributed by atoms with Crippen LogP contribution in [0.25, 0.3) is 22.0 Å². The zero-order valence-corrected chi connectivity index (χ0v) is 23.3. The number of ketones is 1. The van der Waals surface area contributed by atoms with Gasteiger partial charge in [-0.05, 0) is 52.4 Å². The van der Waals surface area contributed by atoms with Crippen molar-refractivity contribution >= 4 is 56.2 Å². The number of likely N-dealkylation sites (tertiary alicyclic amines) is 1. The highest BCUT2D eigenvalue weighted by atomic mass is 79.9. The minimum Gasteiger partial charge on any atom is -0.497 e. The van der Waals surface area contributed by atoms with Crippen LogP contribution in [-0.4, -0.2) is 66.4 Å². The second kappa shape index (κ2) is 9.97. The zero-order valence-electron chi connectivity index (χ0n) is 21.7. The number of amides is 2. The van der Waals surface area contributed by atoms with Gasteiger partial charge in [0.1, 0.15) is 34.5 Å². The van der Waals surface area contributed by atoms with E-state index < -0.39 is 6.04 Å². The molecule has 1 aliphatic carbocycles. The number of pyridine rings is 1. The summed E-state index contributed by atoms with van der Waals surface area (Å²) in [5.74, 6) is 0.559. The molecule has 12 nitrogen and oxygen atoms in total. The predicted octanol–water partition coefficient (Wildman–Crippen LogP) is 3.07. The number of fused-ring (bicyclic) bond motifs is 2. The number of nitrogens with zero attached hydrogens (tertiary/aromatic N) is 6. The Hall–Kier alpha value is -4.39. The number of methoxy groups -OCH3 is 1. The van der Waals surface area contributed by atoms with Crippen LogP contribution in [0.5, 0.6) is 5.75 Å². The highest BCUT2D eigenvalue weighted by Crippen LogP contribution is 2.48. The maximum absolute atomic E-state index is 13.6. The molecular formula is C27H25BrN8O4. The quantitative estimate of drug-likeness (QED) is 0.239. The number of anilines is 2. The number of piperidine rings is 1. The first kappa shape index (κ1) is 25.9. The van der Waals surface area contributed by atoms with Crippen molar-refractivity contribution in [2.24, 2.45) is 5.92 Å². The van der Waals surface area contributed by atoms with Crippen molar-refractivity contribution in [3.8, 4) is 16.9 Å². The smallest absolute Gasteiger partial charge is 0.248 e. The molecular weight excluding hydrogens is 580 g/mol. The lowest BCUT2D eigenvalue weighted by Crippen LogP contribution is -2.46. The number of benzene rings is 1. The Morgan fingerprint density at radius 2 is 1.90 bits per heavy atom. The van der Waals surface area contributed by atoms with E-state index in [4.69, 9.17) is 10.5 Å². The van der Waals surface area contributed by atoms with Crippen LogP contribution >= 0.6 is 15.9 Å². The summed E-state index contributed by atoms with van der Waals surface area (Å²) in [5, 5.41) is 7.93. The van der Waals surface area contributed by atoms with Crippen LogP contribution in [0.2, 0.25) is 0 Å². The molecule has 2 amide bonds. The number of ether oxygens (including phenoxy) is 1. The number of nitrogen functional groups attached to an aromatic ring is 1. The van der Waals surface area contributed by atoms with Gasteiger partial charge >= 0.3 is 0 Å². The van der Waals surface area contributed by atoms with Gasteiger partial charge in [0.15, 0.2) is 5.78 Å². The van der Waals surface area contributed by atoms with Crippen molar-refractivity contribution in [1.82, 2.24) is 29.6 Å². The molecule has 3 atom stereocenters. The highest BCUT2D eigenvalue weighted by Gasteiger charge is 2.56. The summed E-state index contributed by atoms with van der Waals surface area (Å²) in [5.41, 5.74) is 8.02. The Kier molecular flexibility index (Phi) is 6.45. The molecule has 2 fully saturated rings. The molecule has 1 aromatic carbocycles. The lowest BCUT2D eigenvalue weighted by atomic mass is 10.0. The van der Waals surface area contributed by atoms with Gasteiger partial charge < -0.3 is 20.7 Å². The molecule has 0 spiro atoms. The maximum Gasteiger partial charge on any atom is 0.248 e. The number of Topliss-reactive ketones (excluding diaryl/α,β-unsaturated/α-hetero) is 1. The van der Waals surface area contributed by atoms with Gasteiger partial charge in [-0.2, -0.15) is 5.10 Å². The third-order valence-electron chi connectivity index (χ3n) is 7.32. The average Bonchev–Trinajstić information content (AvgIpc) is 3.43. The third kappa shape index (κ3) is 4.76. The second-order valence-corrected chi connectivity index (χ2v) is 10.8. The van der Waals surface area contributed by atoms with Gasteiger partial charge in [0.05, 0.1) is 12.6 Å². The van der Waals surface area contributed by atoms with E-state index in [-0.39, 0.29) is 47.7 Å². The van der Waals surface area contributed by atoms with Gasteiger partial charge in [-0.3, -0.25) is 19.1 Å². The van der Waals surface area contributed by atoms with Crippen LogP contribution in [-0.2, 0) is 16.1 Å². The summed E-state index contributed by atoms with van der Waals surface area (Å²) >= 11 is 3.32. The van der Waals surface area contributed by atoms with E-state index in [1.807, 2.05) is 18.2 Å². The molecule has 2 aliphatic rings. The number of nitrogens with two attached hydrogens (primary N) is 1. The molecule has 3 N–H and O–H groups in total. The first-order valence-corrected chi connectivity index (χ1v) is 13.4. The summed E-state index contributed by atoms with van der Waals surface area (Å²) in [4.78, 5) is 53.4. The van der Waals surface area contributed by atoms with E-state index in [1.54, 1.807) is 29.4 Å². The van der Waals surface area contributed by atoms with E-state index in [1.165, 1.54) is 18.7 Å².